The SMILES string of the molecule is CCNC1CCN(Cc2cnn(C)c2)CC1. The van der Waals surface area contributed by atoms with E-state index in [0.29, 0.717) is 0 Å². The zero-order valence-corrected chi connectivity index (χ0v) is 10.3. The second-order valence-corrected chi connectivity index (χ2v) is 4.63. The van der Waals surface area contributed by atoms with Crippen LogP contribution in [-0.4, -0.2) is 40.4 Å². The molecule has 0 unspecified atom stereocenters. The first-order valence-electron chi connectivity index (χ1n) is 6.21. The van der Waals surface area contributed by atoms with Crippen molar-refractivity contribution in [2.24, 2.45) is 7.05 Å². The Labute approximate surface area is 97.6 Å². The Hall–Kier alpha value is -0.870. The van der Waals surface area contributed by atoms with Gasteiger partial charge in [-0.05, 0) is 32.5 Å². The monoisotopic (exact) mass is 222 g/mol. The van der Waals surface area contributed by atoms with E-state index in [-0.39, 0.29) is 0 Å². The summed E-state index contributed by atoms with van der Waals surface area (Å²) in [6, 6.07) is 0.732. The predicted octanol–water partition coefficient (Wildman–Crippen LogP) is 0.994. The van der Waals surface area contributed by atoms with Crippen molar-refractivity contribution in [1.29, 1.82) is 0 Å². The van der Waals surface area contributed by atoms with Crippen LogP contribution in [-0.2, 0) is 13.6 Å². The highest BCUT2D eigenvalue weighted by Gasteiger charge is 2.18. The summed E-state index contributed by atoms with van der Waals surface area (Å²) in [6.45, 7) is 6.72. The molecule has 4 heteroatoms. The molecule has 1 saturated heterocycles. The Kier molecular flexibility index (Phi) is 3.96. The summed E-state index contributed by atoms with van der Waals surface area (Å²) in [7, 11) is 1.97. The highest BCUT2D eigenvalue weighted by Crippen LogP contribution is 2.13. The molecule has 0 spiro atoms. The van der Waals surface area contributed by atoms with Crippen molar-refractivity contribution in [3.63, 3.8) is 0 Å². The van der Waals surface area contributed by atoms with E-state index in [1.807, 2.05) is 17.9 Å². The average Bonchev–Trinajstić information content (AvgIpc) is 2.67. The molecule has 0 atom stereocenters. The van der Waals surface area contributed by atoms with E-state index in [1.54, 1.807) is 0 Å². The molecule has 0 radical (unpaired) electrons. The van der Waals surface area contributed by atoms with Crippen LogP contribution in [0.3, 0.4) is 0 Å². The van der Waals surface area contributed by atoms with Crippen LogP contribution in [0, 0.1) is 0 Å². The minimum absolute atomic E-state index is 0.732. The molecule has 1 N–H and O–H groups in total. The van der Waals surface area contributed by atoms with E-state index in [0.717, 1.165) is 19.1 Å². The number of nitrogens with zero attached hydrogens (tertiary/aromatic N) is 3. The van der Waals surface area contributed by atoms with Gasteiger partial charge in [-0.3, -0.25) is 9.58 Å². The molecule has 0 saturated carbocycles. The fraction of sp³-hybridized carbons (Fsp3) is 0.750. The van der Waals surface area contributed by atoms with Crippen LogP contribution in [0.5, 0.6) is 0 Å². The fourth-order valence-corrected chi connectivity index (χ4v) is 2.40. The van der Waals surface area contributed by atoms with E-state index in [9.17, 15) is 0 Å². The predicted molar refractivity (Wildman–Crippen MR) is 65.2 cm³/mol. The molecule has 0 aliphatic carbocycles. The first-order chi connectivity index (χ1) is 7.78. The van der Waals surface area contributed by atoms with Gasteiger partial charge >= 0.3 is 0 Å². The molecule has 2 rings (SSSR count). The molecule has 2 heterocycles. The van der Waals surface area contributed by atoms with Crippen LogP contribution in [0.1, 0.15) is 25.3 Å². The highest BCUT2D eigenvalue weighted by atomic mass is 15.2. The summed E-state index contributed by atoms with van der Waals surface area (Å²) in [6.07, 6.45) is 6.62. The first-order valence-corrected chi connectivity index (χ1v) is 6.21. The van der Waals surface area contributed by atoms with Crippen molar-refractivity contribution in [2.45, 2.75) is 32.4 Å². The van der Waals surface area contributed by atoms with E-state index < -0.39 is 0 Å². The Bertz CT molecular complexity index is 313. The number of hydrogen-bond donors (Lipinski definition) is 1. The minimum Gasteiger partial charge on any atom is -0.314 e. The van der Waals surface area contributed by atoms with Gasteiger partial charge in [0.2, 0.25) is 0 Å². The van der Waals surface area contributed by atoms with E-state index in [4.69, 9.17) is 0 Å². The fourth-order valence-electron chi connectivity index (χ4n) is 2.40. The Balaban J connectivity index is 1.77. The van der Waals surface area contributed by atoms with Crippen molar-refractivity contribution < 1.29 is 0 Å². The molecular formula is C12H22N4. The van der Waals surface area contributed by atoms with Crippen LogP contribution in [0.4, 0.5) is 0 Å². The smallest absolute Gasteiger partial charge is 0.0534 e. The summed E-state index contributed by atoms with van der Waals surface area (Å²) < 4.78 is 1.88. The van der Waals surface area contributed by atoms with Gasteiger partial charge in [0.25, 0.3) is 0 Å². The maximum atomic E-state index is 4.20. The minimum atomic E-state index is 0.732. The lowest BCUT2D eigenvalue weighted by atomic mass is 10.0. The topological polar surface area (TPSA) is 33.1 Å². The van der Waals surface area contributed by atoms with Gasteiger partial charge in [-0.1, -0.05) is 6.92 Å². The summed E-state index contributed by atoms with van der Waals surface area (Å²) >= 11 is 0. The second-order valence-electron chi connectivity index (χ2n) is 4.63. The average molecular weight is 222 g/mol. The lowest BCUT2D eigenvalue weighted by Gasteiger charge is -2.31. The van der Waals surface area contributed by atoms with Gasteiger partial charge in [-0.2, -0.15) is 5.10 Å². The Morgan fingerprint density at radius 2 is 2.19 bits per heavy atom. The van der Waals surface area contributed by atoms with E-state index in [2.05, 4.69) is 28.4 Å². The van der Waals surface area contributed by atoms with Gasteiger partial charge in [-0.25, -0.2) is 0 Å². The molecule has 0 amide bonds. The Morgan fingerprint density at radius 1 is 1.44 bits per heavy atom. The quantitative estimate of drug-likeness (QED) is 0.825. The maximum Gasteiger partial charge on any atom is 0.0534 e. The number of likely N-dealkylation sites (tertiary alicyclic amines) is 1. The molecule has 0 bridgehead atoms. The number of nitrogens with one attached hydrogen (secondary N) is 1. The van der Waals surface area contributed by atoms with Crippen LogP contribution >= 0.6 is 0 Å². The molecule has 1 fully saturated rings. The number of piperidine rings is 1. The lowest BCUT2D eigenvalue weighted by Crippen LogP contribution is -2.41. The third-order valence-electron chi connectivity index (χ3n) is 3.24. The summed E-state index contributed by atoms with van der Waals surface area (Å²) in [5.74, 6) is 0. The van der Waals surface area contributed by atoms with Crippen LogP contribution < -0.4 is 5.32 Å². The van der Waals surface area contributed by atoms with Gasteiger partial charge in [0, 0.05) is 31.4 Å². The van der Waals surface area contributed by atoms with Gasteiger partial charge < -0.3 is 5.32 Å². The highest BCUT2D eigenvalue weighted by molar-refractivity contribution is 5.03. The van der Waals surface area contributed by atoms with Crippen molar-refractivity contribution in [3.8, 4) is 0 Å². The molecule has 1 aliphatic rings. The second kappa shape index (κ2) is 5.46. The van der Waals surface area contributed by atoms with Crippen LogP contribution in [0.15, 0.2) is 12.4 Å². The molecular weight excluding hydrogens is 200 g/mol. The molecule has 1 aromatic heterocycles. The molecule has 0 aromatic carbocycles. The number of aromatic nitrogens is 2. The lowest BCUT2D eigenvalue weighted by molar-refractivity contribution is 0.192. The van der Waals surface area contributed by atoms with E-state index in [1.165, 1.54) is 31.5 Å². The molecule has 1 aromatic rings. The van der Waals surface area contributed by atoms with Crippen LogP contribution in [0.2, 0.25) is 0 Å². The van der Waals surface area contributed by atoms with Crippen molar-refractivity contribution in [3.05, 3.63) is 18.0 Å². The van der Waals surface area contributed by atoms with Crippen molar-refractivity contribution in [1.82, 2.24) is 20.0 Å². The van der Waals surface area contributed by atoms with Gasteiger partial charge in [0.1, 0.15) is 0 Å². The zero-order valence-electron chi connectivity index (χ0n) is 10.3. The zero-order chi connectivity index (χ0) is 11.4. The van der Waals surface area contributed by atoms with Crippen molar-refractivity contribution >= 4 is 0 Å². The maximum absolute atomic E-state index is 4.20. The van der Waals surface area contributed by atoms with Gasteiger partial charge in [-0.15, -0.1) is 0 Å². The molecule has 4 nitrogen and oxygen atoms in total. The molecule has 90 valence electrons. The van der Waals surface area contributed by atoms with Crippen molar-refractivity contribution in [2.75, 3.05) is 19.6 Å². The number of aryl methyl sites for hydroxylation is 1. The first kappa shape index (κ1) is 11.6. The third kappa shape index (κ3) is 3.06. The number of hydrogen-bond acceptors (Lipinski definition) is 3. The summed E-state index contributed by atoms with van der Waals surface area (Å²) in [5.41, 5.74) is 1.32. The van der Waals surface area contributed by atoms with Gasteiger partial charge in [0.05, 0.1) is 6.20 Å². The number of rotatable bonds is 4. The van der Waals surface area contributed by atoms with Crippen LogP contribution in [0.25, 0.3) is 0 Å². The van der Waals surface area contributed by atoms with E-state index >= 15 is 0 Å². The third-order valence-corrected chi connectivity index (χ3v) is 3.24. The molecule has 1 aliphatic heterocycles. The summed E-state index contributed by atoms with van der Waals surface area (Å²) in [4.78, 5) is 2.52. The standard InChI is InChI=1S/C12H22N4/c1-3-13-12-4-6-16(7-5-12)10-11-8-14-15(2)9-11/h8-9,12-13H,3-7,10H2,1-2H3. The van der Waals surface area contributed by atoms with Gasteiger partial charge in [0.15, 0.2) is 0 Å². The normalized spacial score (nSPS) is 19.1. The Morgan fingerprint density at radius 3 is 2.75 bits per heavy atom. The summed E-state index contributed by atoms with van der Waals surface area (Å²) in [5, 5.41) is 7.73. The largest absolute Gasteiger partial charge is 0.314 e. The molecule has 16 heavy (non-hydrogen) atoms.